The number of aliphatic hydroxyl groups excluding tert-OH is 1. The Morgan fingerprint density at radius 2 is 1.54 bits per heavy atom. The van der Waals surface area contributed by atoms with E-state index < -0.39 is 98.4 Å². The van der Waals surface area contributed by atoms with Crippen LogP contribution in [0.25, 0.3) is 0 Å². The summed E-state index contributed by atoms with van der Waals surface area (Å²) < 4.78 is 31.3. The molecular weight excluding hydrogens is 696 g/mol. The zero-order valence-electron chi connectivity index (χ0n) is 32.9. The van der Waals surface area contributed by atoms with Crippen molar-refractivity contribution in [2.75, 3.05) is 7.11 Å². The van der Waals surface area contributed by atoms with Crippen LogP contribution in [0.5, 0.6) is 0 Å². The number of allylic oxidation sites excluding steroid dienone is 2. The smallest absolute Gasteiger partial charge is 0.338 e. The minimum absolute atomic E-state index is 0.0106. The number of aliphatic hydroxyl groups is 2. The third kappa shape index (κ3) is 4.46. The third-order valence-corrected chi connectivity index (χ3v) is 15.7. The summed E-state index contributed by atoms with van der Waals surface area (Å²) in [5, 5.41) is 26.3. The maximum Gasteiger partial charge on any atom is 0.338 e. The van der Waals surface area contributed by atoms with Crippen molar-refractivity contribution in [1.82, 2.24) is 0 Å². The van der Waals surface area contributed by atoms with Crippen LogP contribution in [-0.4, -0.2) is 82.6 Å². The Morgan fingerprint density at radius 1 is 0.907 bits per heavy atom. The molecule has 294 valence electrons. The van der Waals surface area contributed by atoms with Gasteiger partial charge in [0.1, 0.15) is 35.6 Å². The van der Waals surface area contributed by atoms with Gasteiger partial charge in [-0.1, -0.05) is 39.0 Å². The van der Waals surface area contributed by atoms with Crippen molar-refractivity contribution in [3.8, 4) is 0 Å². The molecule has 0 radical (unpaired) electrons. The Balaban J connectivity index is 1.54. The first-order chi connectivity index (χ1) is 25.0. The monoisotopic (exact) mass is 750 g/mol. The number of esters is 4. The number of carbonyl (C=O) groups excluding carboxylic acids is 5. The number of ether oxygens (including phenoxy) is 5. The van der Waals surface area contributed by atoms with Crippen LogP contribution in [0.15, 0.2) is 41.7 Å². The first-order valence-electron chi connectivity index (χ1n) is 19.1. The fourth-order valence-electron chi connectivity index (χ4n) is 13.9. The van der Waals surface area contributed by atoms with E-state index in [0.29, 0.717) is 6.42 Å². The SMILES string of the molecule is COC1=C(C)[C@@]2(C)C[C@@H](OC(C)=O)C3C4([C@@H](C)C[C@@]3(C)C2CC1=O)C12C[C@](C)(C[C@H](OC(C)=O)[C@]1(C)[C@@H](OC(=O)c1ccccc1)[C@@H](O)[C@]4(C)O)C(=O)O2. The highest BCUT2D eigenvalue weighted by Crippen LogP contribution is 2.83. The summed E-state index contributed by atoms with van der Waals surface area (Å²) in [4.78, 5) is 68.4. The Bertz CT molecular complexity index is 1850. The molecule has 1 heterocycles. The lowest BCUT2D eigenvalue weighted by Crippen LogP contribution is -2.86. The van der Waals surface area contributed by atoms with Crippen LogP contribution in [0, 0.1) is 44.8 Å². The van der Waals surface area contributed by atoms with E-state index in [9.17, 15) is 34.2 Å². The van der Waals surface area contributed by atoms with E-state index in [-0.39, 0.29) is 48.7 Å². The van der Waals surface area contributed by atoms with Crippen molar-refractivity contribution >= 4 is 29.7 Å². The van der Waals surface area contributed by atoms with Gasteiger partial charge < -0.3 is 33.9 Å². The van der Waals surface area contributed by atoms with Gasteiger partial charge in [0, 0.05) is 39.0 Å². The highest BCUT2D eigenvalue weighted by molar-refractivity contribution is 5.96. The van der Waals surface area contributed by atoms with Crippen molar-refractivity contribution in [1.29, 1.82) is 0 Å². The summed E-state index contributed by atoms with van der Waals surface area (Å²) in [7, 11) is 1.47. The van der Waals surface area contributed by atoms with Crippen molar-refractivity contribution in [3.05, 3.63) is 47.2 Å². The number of hydrogen-bond donors (Lipinski definition) is 2. The molecule has 6 aliphatic rings. The van der Waals surface area contributed by atoms with Gasteiger partial charge in [-0.05, 0) is 80.9 Å². The summed E-state index contributed by atoms with van der Waals surface area (Å²) in [6, 6.07) is 8.22. The van der Waals surface area contributed by atoms with E-state index in [0.717, 1.165) is 5.57 Å². The van der Waals surface area contributed by atoms with Crippen LogP contribution < -0.4 is 0 Å². The van der Waals surface area contributed by atoms with Crippen LogP contribution in [0.4, 0.5) is 0 Å². The number of methoxy groups -OCH3 is 1. The molecule has 7 rings (SSSR count). The molecule has 1 aromatic rings. The van der Waals surface area contributed by atoms with Gasteiger partial charge in [0.2, 0.25) is 0 Å². The summed E-state index contributed by atoms with van der Waals surface area (Å²) >= 11 is 0. The third-order valence-electron chi connectivity index (χ3n) is 15.7. The first kappa shape index (κ1) is 38.5. The summed E-state index contributed by atoms with van der Waals surface area (Å²) in [6.45, 7) is 15.5. The Morgan fingerprint density at radius 3 is 2.13 bits per heavy atom. The quantitative estimate of drug-likeness (QED) is 0.310. The van der Waals surface area contributed by atoms with Crippen LogP contribution >= 0.6 is 0 Å². The maximum atomic E-state index is 14.5. The Labute approximate surface area is 316 Å². The minimum Gasteiger partial charge on any atom is -0.493 e. The molecule has 1 saturated heterocycles. The van der Waals surface area contributed by atoms with Gasteiger partial charge in [-0.3, -0.25) is 19.2 Å². The zero-order valence-corrected chi connectivity index (χ0v) is 32.9. The lowest BCUT2D eigenvalue weighted by atomic mass is 9.33. The molecule has 5 aliphatic carbocycles. The molecule has 0 amide bonds. The number of rotatable bonds is 5. The lowest BCUT2D eigenvalue weighted by molar-refractivity contribution is -0.381. The van der Waals surface area contributed by atoms with E-state index in [1.807, 2.05) is 13.8 Å². The van der Waals surface area contributed by atoms with Crippen molar-refractivity contribution in [2.24, 2.45) is 44.8 Å². The number of Topliss-reactive ketones (excluding diaryl/α,β-unsaturated/α-hetero) is 1. The molecule has 12 heteroatoms. The predicted octanol–water partition coefficient (Wildman–Crippen LogP) is 4.87. The van der Waals surface area contributed by atoms with Crippen molar-refractivity contribution in [2.45, 2.75) is 130 Å². The molecular formula is C42H54O12. The van der Waals surface area contributed by atoms with Gasteiger partial charge in [0.25, 0.3) is 0 Å². The molecule has 14 atom stereocenters. The van der Waals surface area contributed by atoms with E-state index in [1.165, 1.54) is 27.9 Å². The van der Waals surface area contributed by atoms with Gasteiger partial charge in [0.05, 0.1) is 28.9 Å². The molecule has 4 saturated carbocycles. The van der Waals surface area contributed by atoms with E-state index >= 15 is 0 Å². The van der Waals surface area contributed by atoms with Gasteiger partial charge >= 0.3 is 23.9 Å². The van der Waals surface area contributed by atoms with Crippen molar-refractivity contribution in [3.63, 3.8) is 0 Å². The minimum atomic E-state index is -2.19. The number of ketones is 1. The van der Waals surface area contributed by atoms with Crippen LogP contribution in [0.1, 0.15) is 105 Å². The molecule has 1 aliphatic heterocycles. The fraction of sp³-hybridized carbons (Fsp3) is 0.690. The average molecular weight is 751 g/mol. The second kappa shape index (κ2) is 11.9. The van der Waals surface area contributed by atoms with Crippen LogP contribution in [0.3, 0.4) is 0 Å². The van der Waals surface area contributed by atoms with Gasteiger partial charge in [-0.15, -0.1) is 0 Å². The van der Waals surface area contributed by atoms with E-state index in [1.54, 1.807) is 44.2 Å². The highest BCUT2D eigenvalue weighted by atomic mass is 16.6. The highest BCUT2D eigenvalue weighted by Gasteiger charge is 2.92. The molecule has 12 nitrogen and oxygen atoms in total. The standard InChI is InChI=1S/C42H54O12/c1-21-17-38(7)28-16-26(45)30(50-10)22(2)37(28,6)18-27(51-23(3)43)31(38)42(21)40(9,49)32(46)33(53-34(47)25-14-12-11-13-15-25)39(8)29(52-24(4)44)19-36(5)20-41(39,42)54-35(36)48/h11-15,21,27-29,31-33,46,49H,16-20H2,1-10H3/t21-,27+,28?,29-,31?,32+,33-,36-,37+,38-,39+,40-,41?,42?/m0/s1. The largest absolute Gasteiger partial charge is 0.493 e. The zero-order chi connectivity index (χ0) is 39.8. The molecule has 0 aromatic heterocycles. The number of hydrogen-bond acceptors (Lipinski definition) is 12. The topological polar surface area (TPSA) is 172 Å². The van der Waals surface area contributed by atoms with Crippen molar-refractivity contribution < 1.29 is 57.9 Å². The van der Waals surface area contributed by atoms with Gasteiger partial charge in [-0.2, -0.15) is 0 Å². The molecule has 4 unspecified atom stereocenters. The predicted molar refractivity (Wildman–Crippen MR) is 191 cm³/mol. The average Bonchev–Trinajstić information content (AvgIpc) is 3.48. The normalized spacial score (nSPS) is 47.6. The second-order valence-electron chi connectivity index (χ2n) is 18.4. The first-order valence-corrected chi connectivity index (χ1v) is 19.1. The molecule has 2 spiro atoms. The molecule has 2 N–H and O–H groups in total. The number of benzene rings is 1. The molecule has 2 bridgehead atoms. The Kier molecular flexibility index (Phi) is 8.46. The van der Waals surface area contributed by atoms with Crippen LogP contribution in [-0.2, 0) is 42.9 Å². The van der Waals surface area contributed by atoms with Crippen LogP contribution in [0.2, 0.25) is 0 Å². The molecule has 1 aromatic carbocycles. The molecule has 54 heavy (non-hydrogen) atoms. The second-order valence-corrected chi connectivity index (χ2v) is 18.4. The number of fused-ring (bicyclic) bond motifs is 5. The lowest BCUT2D eigenvalue weighted by Gasteiger charge is -2.73. The number of carbonyl (C=O) groups is 5. The summed E-state index contributed by atoms with van der Waals surface area (Å²) in [5.74, 6) is -4.13. The molecule has 5 fully saturated rings. The summed E-state index contributed by atoms with van der Waals surface area (Å²) in [6.07, 6.45) is -4.57. The van der Waals surface area contributed by atoms with Gasteiger partial charge in [-0.25, -0.2) is 4.79 Å². The van der Waals surface area contributed by atoms with E-state index in [2.05, 4.69) is 13.8 Å². The van der Waals surface area contributed by atoms with E-state index in [4.69, 9.17) is 23.7 Å². The fourth-order valence-corrected chi connectivity index (χ4v) is 13.9. The maximum absolute atomic E-state index is 14.5. The van der Waals surface area contributed by atoms with Gasteiger partial charge in [0.15, 0.2) is 11.5 Å². The summed E-state index contributed by atoms with van der Waals surface area (Å²) in [5.41, 5.74) is -9.02. The Hall–Kier alpha value is -3.77.